The Labute approximate surface area is 108 Å². The number of carbonyl (C=O) groups is 1. The molecule has 1 atom stereocenters. The number of nitrogens with zero attached hydrogens (tertiary/aromatic N) is 1. The van der Waals surface area contributed by atoms with Gasteiger partial charge in [-0.15, -0.1) is 0 Å². The molecule has 0 aromatic heterocycles. The molecule has 1 saturated heterocycles. The fraction of sp³-hybridized carbons (Fsp3) is 0.923. The van der Waals surface area contributed by atoms with Crippen LogP contribution in [-0.4, -0.2) is 53.6 Å². The van der Waals surface area contributed by atoms with Crippen LogP contribution in [0.3, 0.4) is 0 Å². The smallest absolute Gasteiger partial charge is 0.411 e. The Morgan fingerprint density at radius 1 is 1.50 bits per heavy atom. The van der Waals surface area contributed by atoms with Crippen molar-refractivity contribution in [3.05, 3.63) is 0 Å². The Kier molecular flexibility index (Phi) is 3.56. The van der Waals surface area contributed by atoms with Crippen molar-refractivity contribution in [2.75, 3.05) is 26.4 Å². The van der Waals surface area contributed by atoms with Crippen molar-refractivity contribution in [1.82, 2.24) is 4.90 Å². The van der Waals surface area contributed by atoms with E-state index in [0.29, 0.717) is 25.7 Å². The van der Waals surface area contributed by atoms with E-state index in [0.717, 1.165) is 12.8 Å². The van der Waals surface area contributed by atoms with Gasteiger partial charge >= 0.3 is 6.09 Å². The quantitative estimate of drug-likeness (QED) is 0.812. The predicted octanol–water partition coefficient (Wildman–Crippen LogP) is 1.39. The fourth-order valence-electron chi connectivity index (χ4n) is 2.51. The van der Waals surface area contributed by atoms with Gasteiger partial charge in [0.05, 0.1) is 25.4 Å². The van der Waals surface area contributed by atoms with E-state index in [9.17, 15) is 9.90 Å². The van der Waals surface area contributed by atoms with E-state index in [1.54, 1.807) is 4.90 Å². The second kappa shape index (κ2) is 4.70. The SMILES string of the molecule is CC(C)(C)OC(=O)N1CCOCC1(CO)C1CC1. The average molecular weight is 257 g/mol. The molecule has 5 heteroatoms. The van der Waals surface area contributed by atoms with Gasteiger partial charge in [0, 0.05) is 6.54 Å². The first-order valence-corrected chi connectivity index (χ1v) is 6.58. The minimum Gasteiger partial charge on any atom is -0.444 e. The number of amides is 1. The van der Waals surface area contributed by atoms with Crippen LogP contribution in [0, 0.1) is 5.92 Å². The van der Waals surface area contributed by atoms with Gasteiger partial charge in [-0.3, -0.25) is 4.90 Å². The van der Waals surface area contributed by atoms with Gasteiger partial charge in [-0.2, -0.15) is 0 Å². The zero-order valence-electron chi connectivity index (χ0n) is 11.4. The van der Waals surface area contributed by atoms with Crippen LogP contribution >= 0.6 is 0 Å². The highest BCUT2D eigenvalue weighted by Crippen LogP contribution is 2.44. The van der Waals surface area contributed by atoms with Crippen molar-refractivity contribution in [3.8, 4) is 0 Å². The number of rotatable bonds is 2. The van der Waals surface area contributed by atoms with Crippen molar-refractivity contribution in [2.24, 2.45) is 5.92 Å². The molecule has 2 fully saturated rings. The topological polar surface area (TPSA) is 59.0 Å². The number of morpholine rings is 1. The molecule has 1 unspecified atom stereocenters. The summed E-state index contributed by atoms with van der Waals surface area (Å²) >= 11 is 0. The summed E-state index contributed by atoms with van der Waals surface area (Å²) in [5.41, 5.74) is -1.08. The van der Waals surface area contributed by atoms with E-state index in [2.05, 4.69) is 0 Å². The van der Waals surface area contributed by atoms with Crippen LogP contribution in [0.2, 0.25) is 0 Å². The van der Waals surface area contributed by atoms with Crippen molar-refractivity contribution in [2.45, 2.75) is 44.8 Å². The van der Waals surface area contributed by atoms with Crippen LogP contribution in [0.5, 0.6) is 0 Å². The van der Waals surface area contributed by atoms with Crippen LogP contribution in [0.4, 0.5) is 4.79 Å². The molecular weight excluding hydrogens is 234 g/mol. The van der Waals surface area contributed by atoms with Gasteiger partial charge in [0.25, 0.3) is 0 Å². The van der Waals surface area contributed by atoms with Gasteiger partial charge in [0.2, 0.25) is 0 Å². The van der Waals surface area contributed by atoms with Crippen molar-refractivity contribution in [3.63, 3.8) is 0 Å². The van der Waals surface area contributed by atoms with E-state index < -0.39 is 11.1 Å². The first kappa shape index (κ1) is 13.6. The maximum Gasteiger partial charge on any atom is 0.411 e. The van der Waals surface area contributed by atoms with Gasteiger partial charge in [0.1, 0.15) is 5.60 Å². The van der Waals surface area contributed by atoms with Gasteiger partial charge in [-0.1, -0.05) is 0 Å². The molecule has 2 rings (SSSR count). The van der Waals surface area contributed by atoms with Crippen molar-refractivity contribution in [1.29, 1.82) is 0 Å². The van der Waals surface area contributed by atoms with E-state index in [4.69, 9.17) is 9.47 Å². The molecule has 1 heterocycles. The largest absolute Gasteiger partial charge is 0.444 e. The van der Waals surface area contributed by atoms with Gasteiger partial charge in [-0.05, 0) is 39.5 Å². The number of hydrogen-bond acceptors (Lipinski definition) is 4. The third-order valence-corrected chi connectivity index (χ3v) is 3.57. The summed E-state index contributed by atoms with van der Waals surface area (Å²) in [5.74, 6) is 0.343. The maximum absolute atomic E-state index is 12.3. The van der Waals surface area contributed by atoms with Crippen LogP contribution in [0.25, 0.3) is 0 Å². The van der Waals surface area contributed by atoms with Gasteiger partial charge in [-0.25, -0.2) is 4.79 Å². The lowest BCUT2D eigenvalue weighted by Gasteiger charge is -2.46. The van der Waals surface area contributed by atoms with Crippen LogP contribution in [0.15, 0.2) is 0 Å². The summed E-state index contributed by atoms with van der Waals surface area (Å²) in [6.07, 6.45) is 1.75. The third kappa shape index (κ3) is 2.62. The predicted molar refractivity (Wildman–Crippen MR) is 66.3 cm³/mol. The molecule has 1 aliphatic heterocycles. The number of aliphatic hydroxyl groups excluding tert-OH is 1. The third-order valence-electron chi connectivity index (χ3n) is 3.57. The van der Waals surface area contributed by atoms with Crippen LogP contribution < -0.4 is 0 Å². The molecule has 2 aliphatic rings. The standard InChI is InChI=1S/C13H23NO4/c1-12(2,3)18-11(16)14-6-7-17-9-13(14,8-15)10-4-5-10/h10,15H,4-9H2,1-3H3. The van der Waals surface area contributed by atoms with Crippen LogP contribution in [0.1, 0.15) is 33.6 Å². The highest BCUT2D eigenvalue weighted by atomic mass is 16.6. The summed E-state index contributed by atoms with van der Waals surface area (Å²) in [7, 11) is 0. The molecule has 5 nitrogen and oxygen atoms in total. The molecule has 1 N–H and O–H groups in total. The van der Waals surface area contributed by atoms with Gasteiger partial charge < -0.3 is 14.6 Å². The summed E-state index contributed by atoms with van der Waals surface area (Å²) < 4.78 is 10.9. The zero-order valence-corrected chi connectivity index (χ0v) is 11.4. The van der Waals surface area contributed by atoms with E-state index in [1.165, 1.54) is 0 Å². The molecule has 0 radical (unpaired) electrons. The Morgan fingerprint density at radius 2 is 2.17 bits per heavy atom. The first-order valence-electron chi connectivity index (χ1n) is 6.58. The number of hydrogen-bond donors (Lipinski definition) is 1. The Balaban J connectivity index is 2.14. The summed E-state index contributed by atoms with van der Waals surface area (Å²) in [4.78, 5) is 13.9. The molecule has 1 saturated carbocycles. The van der Waals surface area contributed by atoms with Crippen molar-refractivity contribution < 1.29 is 19.4 Å². The second-order valence-corrected chi connectivity index (χ2v) is 6.22. The lowest BCUT2D eigenvalue weighted by Crippen LogP contribution is -2.63. The first-order chi connectivity index (χ1) is 8.39. The zero-order chi connectivity index (χ0) is 13.4. The molecule has 0 spiro atoms. The van der Waals surface area contributed by atoms with Crippen LogP contribution in [-0.2, 0) is 9.47 Å². The highest BCUT2D eigenvalue weighted by Gasteiger charge is 2.53. The monoisotopic (exact) mass is 257 g/mol. The summed E-state index contributed by atoms with van der Waals surface area (Å²) in [6.45, 7) is 6.90. The minimum atomic E-state index is -0.569. The average Bonchev–Trinajstić information content (AvgIpc) is 3.10. The lowest BCUT2D eigenvalue weighted by molar-refractivity contribution is -0.102. The molecule has 1 aliphatic carbocycles. The number of ether oxygens (including phenoxy) is 2. The van der Waals surface area contributed by atoms with E-state index in [-0.39, 0.29) is 12.7 Å². The molecule has 18 heavy (non-hydrogen) atoms. The summed E-state index contributed by atoms with van der Waals surface area (Å²) in [6, 6.07) is 0. The van der Waals surface area contributed by atoms with E-state index >= 15 is 0 Å². The van der Waals surface area contributed by atoms with E-state index in [1.807, 2.05) is 20.8 Å². The molecular formula is C13H23NO4. The molecule has 0 aromatic carbocycles. The molecule has 0 aromatic rings. The molecule has 1 amide bonds. The highest BCUT2D eigenvalue weighted by molar-refractivity contribution is 5.69. The Bertz CT molecular complexity index is 321. The second-order valence-electron chi connectivity index (χ2n) is 6.22. The molecule has 0 bridgehead atoms. The lowest BCUT2D eigenvalue weighted by atomic mass is 9.92. The Hall–Kier alpha value is -0.810. The van der Waals surface area contributed by atoms with Crippen molar-refractivity contribution >= 4 is 6.09 Å². The van der Waals surface area contributed by atoms with Gasteiger partial charge in [0.15, 0.2) is 0 Å². The Morgan fingerprint density at radius 3 is 2.67 bits per heavy atom. The normalized spacial score (nSPS) is 29.2. The fourth-order valence-corrected chi connectivity index (χ4v) is 2.51. The minimum absolute atomic E-state index is 0.0586. The maximum atomic E-state index is 12.3. The number of carbonyl (C=O) groups excluding carboxylic acids is 1. The molecule has 104 valence electrons. The number of aliphatic hydroxyl groups is 1. The summed E-state index contributed by atoms with van der Waals surface area (Å²) in [5, 5.41) is 9.74.